The summed E-state index contributed by atoms with van der Waals surface area (Å²) in [5.74, 6) is 0.801. The predicted octanol–water partition coefficient (Wildman–Crippen LogP) is 3.75. The Morgan fingerprint density at radius 1 is 1.46 bits per heavy atom. The Balaban J connectivity index is 2.03. The summed E-state index contributed by atoms with van der Waals surface area (Å²) in [5.41, 5.74) is 1.31. The predicted molar refractivity (Wildman–Crippen MR) is 57.3 cm³/mol. The number of aromatic nitrogens is 1. The number of nitrogens with zero attached hydrogens (tertiary/aromatic N) is 1. The Kier molecular flexibility index (Phi) is 2.99. The van der Waals surface area contributed by atoms with Crippen LogP contribution in [-0.2, 0) is 6.42 Å². The Labute approximate surface area is 84.2 Å². The SMILES string of the molecule is CCCc1csc(C2CCCC2)n1. The highest BCUT2D eigenvalue weighted by Gasteiger charge is 2.19. The van der Waals surface area contributed by atoms with Gasteiger partial charge < -0.3 is 0 Å². The molecular formula is C11H17NS. The van der Waals surface area contributed by atoms with E-state index in [9.17, 15) is 0 Å². The minimum absolute atomic E-state index is 0.801. The molecule has 72 valence electrons. The summed E-state index contributed by atoms with van der Waals surface area (Å²) in [4.78, 5) is 4.70. The number of aryl methyl sites for hydroxylation is 1. The van der Waals surface area contributed by atoms with Crippen molar-refractivity contribution >= 4 is 11.3 Å². The third-order valence-corrected chi connectivity index (χ3v) is 3.84. The molecule has 2 heteroatoms. The summed E-state index contributed by atoms with van der Waals surface area (Å²) < 4.78 is 0. The summed E-state index contributed by atoms with van der Waals surface area (Å²) in [6.45, 7) is 2.22. The molecule has 1 heterocycles. The summed E-state index contributed by atoms with van der Waals surface area (Å²) in [6, 6.07) is 0. The lowest BCUT2D eigenvalue weighted by Gasteiger charge is -2.02. The Bertz CT molecular complexity index is 261. The van der Waals surface area contributed by atoms with Gasteiger partial charge in [0.15, 0.2) is 0 Å². The molecule has 0 atom stereocenters. The molecule has 1 aromatic heterocycles. The minimum atomic E-state index is 0.801. The van der Waals surface area contributed by atoms with Crippen LogP contribution in [0.3, 0.4) is 0 Å². The third kappa shape index (κ3) is 2.11. The molecule has 1 aliphatic carbocycles. The zero-order valence-electron chi connectivity index (χ0n) is 8.25. The first-order valence-electron chi connectivity index (χ1n) is 5.34. The van der Waals surface area contributed by atoms with Crippen molar-refractivity contribution in [3.63, 3.8) is 0 Å². The van der Waals surface area contributed by atoms with E-state index >= 15 is 0 Å². The van der Waals surface area contributed by atoms with Crippen LogP contribution < -0.4 is 0 Å². The van der Waals surface area contributed by atoms with Gasteiger partial charge in [-0.2, -0.15) is 0 Å². The van der Waals surface area contributed by atoms with Gasteiger partial charge in [-0.15, -0.1) is 11.3 Å². The Hall–Kier alpha value is -0.370. The Morgan fingerprint density at radius 2 is 2.23 bits per heavy atom. The van der Waals surface area contributed by atoms with Gasteiger partial charge in [0.05, 0.1) is 10.7 Å². The van der Waals surface area contributed by atoms with E-state index in [4.69, 9.17) is 4.98 Å². The molecule has 0 amide bonds. The zero-order valence-corrected chi connectivity index (χ0v) is 9.07. The van der Waals surface area contributed by atoms with E-state index in [-0.39, 0.29) is 0 Å². The average Bonchev–Trinajstić information content (AvgIpc) is 2.70. The summed E-state index contributed by atoms with van der Waals surface area (Å²) in [6.07, 6.45) is 7.94. The molecule has 1 nitrogen and oxygen atoms in total. The highest BCUT2D eigenvalue weighted by Crippen LogP contribution is 2.35. The lowest BCUT2D eigenvalue weighted by molar-refractivity contribution is 0.710. The van der Waals surface area contributed by atoms with Crippen LogP contribution in [0.15, 0.2) is 5.38 Å². The fourth-order valence-electron chi connectivity index (χ4n) is 2.05. The van der Waals surface area contributed by atoms with Crippen LogP contribution in [0, 0.1) is 0 Å². The maximum Gasteiger partial charge on any atom is 0.0959 e. The molecule has 0 N–H and O–H groups in total. The van der Waals surface area contributed by atoms with Gasteiger partial charge in [0.2, 0.25) is 0 Å². The average molecular weight is 195 g/mol. The highest BCUT2D eigenvalue weighted by molar-refractivity contribution is 7.09. The van der Waals surface area contributed by atoms with Crippen molar-refractivity contribution in [1.82, 2.24) is 4.98 Å². The first-order valence-corrected chi connectivity index (χ1v) is 6.22. The molecule has 13 heavy (non-hydrogen) atoms. The molecular weight excluding hydrogens is 178 g/mol. The first kappa shape index (κ1) is 9.20. The van der Waals surface area contributed by atoms with Crippen molar-refractivity contribution in [2.45, 2.75) is 51.4 Å². The van der Waals surface area contributed by atoms with Crippen LogP contribution in [0.5, 0.6) is 0 Å². The van der Waals surface area contributed by atoms with Crippen LogP contribution in [0.2, 0.25) is 0 Å². The van der Waals surface area contributed by atoms with E-state index in [0.717, 1.165) is 12.3 Å². The number of hydrogen-bond acceptors (Lipinski definition) is 2. The lowest BCUT2D eigenvalue weighted by Crippen LogP contribution is -1.92. The first-order chi connectivity index (χ1) is 6.40. The fourth-order valence-corrected chi connectivity index (χ4v) is 3.08. The quantitative estimate of drug-likeness (QED) is 0.715. The van der Waals surface area contributed by atoms with E-state index in [1.165, 1.54) is 42.8 Å². The van der Waals surface area contributed by atoms with Crippen molar-refractivity contribution in [3.8, 4) is 0 Å². The standard InChI is InChI=1S/C11H17NS/c1-2-5-10-8-13-11(12-10)9-6-3-4-7-9/h8-9H,2-7H2,1H3. The zero-order chi connectivity index (χ0) is 9.10. The van der Waals surface area contributed by atoms with Gasteiger partial charge in [-0.05, 0) is 19.3 Å². The highest BCUT2D eigenvalue weighted by atomic mass is 32.1. The minimum Gasteiger partial charge on any atom is -0.246 e. The van der Waals surface area contributed by atoms with E-state index in [1.54, 1.807) is 0 Å². The van der Waals surface area contributed by atoms with Gasteiger partial charge in [0.25, 0.3) is 0 Å². The molecule has 0 saturated heterocycles. The number of hydrogen-bond donors (Lipinski definition) is 0. The van der Waals surface area contributed by atoms with Crippen LogP contribution in [0.4, 0.5) is 0 Å². The number of rotatable bonds is 3. The molecule has 0 unspecified atom stereocenters. The smallest absolute Gasteiger partial charge is 0.0959 e. The van der Waals surface area contributed by atoms with Gasteiger partial charge in [-0.25, -0.2) is 4.98 Å². The van der Waals surface area contributed by atoms with E-state index in [2.05, 4.69) is 12.3 Å². The molecule has 0 spiro atoms. The van der Waals surface area contributed by atoms with E-state index in [0.29, 0.717) is 0 Å². The number of thiazole rings is 1. The Morgan fingerprint density at radius 3 is 2.92 bits per heavy atom. The maximum absolute atomic E-state index is 4.70. The van der Waals surface area contributed by atoms with E-state index in [1.807, 2.05) is 11.3 Å². The largest absolute Gasteiger partial charge is 0.246 e. The molecule has 0 radical (unpaired) electrons. The molecule has 0 bridgehead atoms. The van der Waals surface area contributed by atoms with Crippen LogP contribution in [0.1, 0.15) is 55.6 Å². The van der Waals surface area contributed by atoms with Gasteiger partial charge in [-0.1, -0.05) is 26.2 Å². The third-order valence-electron chi connectivity index (χ3n) is 2.78. The second-order valence-corrected chi connectivity index (χ2v) is 4.80. The van der Waals surface area contributed by atoms with Crippen LogP contribution in [-0.4, -0.2) is 4.98 Å². The lowest BCUT2D eigenvalue weighted by atomic mass is 10.1. The second kappa shape index (κ2) is 4.23. The molecule has 1 aromatic rings. The fraction of sp³-hybridized carbons (Fsp3) is 0.727. The molecule has 0 aliphatic heterocycles. The topological polar surface area (TPSA) is 12.9 Å². The van der Waals surface area contributed by atoms with E-state index < -0.39 is 0 Å². The normalized spacial score (nSPS) is 18.2. The van der Waals surface area contributed by atoms with Crippen molar-refractivity contribution in [2.75, 3.05) is 0 Å². The van der Waals surface area contributed by atoms with Crippen LogP contribution >= 0.6 is 11.3 Å². The molecule has 2 rings (SSSR count). The van der Waals surface area contributed by atoms with Gasteiger partial charge in [0.1, 0.15) is 0 Å². The summed E-state index contributed by atoms with van der Waals surface area (Å²) in [5, 5.41) is 3.65. The molecule has 1 saturated carbocycles. The van der Waals surface area contributed by atoms with Crippen molar-refractivity contribution < 1.29 is 0 Å². The van der Waals surface area contributed by atoms with Crippen molar-refractivity contribution in [3.05, 3.63) is 16.1 Å². The maximum atomic E-state index is 4.70. The molecule has 1 fully saturated rings. The van der Waals surface area contributed by atoms with Gasteiger partial charge in [-0.3, -0.25) is 0 Å². The summed E-state index contributed by atoms with van der Waals surface area (Å²) in [7, 11) is 0. The molecule has 1 aliphatic rings. The molecule has 0 aromatic carbocycles. The van der Waals surface area contributed by atoms with Crippen LogP contribution in [0.25, 0.3) is 0 Å². The monoisotopic (exact) mass is 195 g/mol. The van der Waals surface area contributed by atoms with Gasteiger partial charge in [0, 0.05) is 11.3 Å². The van der Waals surface area contributed by atoms with Crippen molar-refractivity contribution in [2.24, 2.45) is 0 Å². The van der Waals surface area contributed by atoms with Gasteiger partial charge >= 0.3 is 0 Å². The van der Waals surface area contributed by atoms with Crippen molar-refractivity contribution in [1.29, 1.82) is 0 Å². The second-order valence-electron chi connectivity index (χ2n) is 3.91. The summed E-state index contributed by atoms with van der Waals surface area (Å²) >= 11 is 1.88.